The maximum Gasteiger partial charge on any atom is 0.228 e. The number of fused-ring (bicyclic) bond motifs is 1. The van der Waals surface area contributed by atoms with Gasteiger partial charge in [0.1, 0.15) is 5.75 Å². The van der Waals surface area contributed by atoms with Gasteiger partial charge in [-0.05, 0) is 43.5 Å². The fourth-order valence-corrected chi connectivity index (χ4v) is 2.77. The number of ether oxygens (including phenoxy) is 1. The molecule has 0 unspecified atom stereocenters. The topological polar surface area (TPSA) is 71.2 Å². The number of rotatable bonds is 4. The van der Waals surface area contributed by atoms with Crippen LogP contribution >= 0.6 is 0 Å². The second kappa shape index (κ2) is 6.05. The maximum absolute atomic E-state index is 12.3. The van der Waals surface area contributed by atoms with Gasteiger partial charge in [-0.2, -0.15) is 0 Å². The summed E-state index contributed by atoms with van der Waals surface area (Å²) in [4.78, 5) is 27.6. The summed E-state index contributed by atoms with van der Waals surface area (Å²) >= 11 is 0. The van der Waals surface area contributed by atoms with Crippen LogP contribution in [0, 0.1) is 0 Å². The van der Waals surface area contributed by atoms with E-state index >= 15 is 0 Å². The first kappa shape index (κ1) is 14.4. The number of H-pyrrole nitrogens is 1. The molecule has 2 N–H and O–H groups in total. The molecule has 2 aromatic rings. The van der Waals surface area contributed by atoms with Crippen LogP contribution < -0.4 is 15.5 Å². The molecule has 0 atom stereocenters. The number of hydrogen-bond acceptors (Lipinski definition) is 3. The molecule has 1 aliphatic carbocycles. The molecular formula is C17H18N2O3. The standard InChI is InChI=1S/C17H18N2O3/c1-22-13-7-5-12(6-8-13)19-16(20)9-11-10-18-15-4-2-3-14(15)17(11)21/h5-8,10H,2-4,9H2,1H3,(H,18,21)(H,19,20). The number of anilines is 1. The molecule has 1 heterocycles. The first-order chi connectivity index (χ1) is 10.7. The summed E-state index contributed by atoms with van der Waals surface area (Å²) in [6.07, 6.45) is 4.47. The minimum absolute atomic E-state index is 0.0103. The molecule has 0 saturated carbocycles. The fourth-order valence-electron chi connectivity index (χ4n) is 2.77. The smallest absolute Gasteiger partial charge is 0.228 e. The number of aromatic nitrogens is 1. The van der Waals surface area contributed by atoms with Gasteiger partial charge in [-0.1, -0.05) is 0 Å². The summed E-state index contributed by atoms with van der Waals surface area (Å²) in [5.74, 6) is 0.529. The van der Waals surface area contributed by atoms with Crippen LogP contribution in [0.5, 0.6) is 5.75 Å². The molecule has 1 amide bonds. The van der Waals surface area contributed by atoms with E-state index in [1.165, 1.54) is 0 Å². The predicted molar refractivity (Wildman–Crippen MR) is 84.4 cm³/mol. The number of carbonyl (C=O) groups excluding carboxylic acids is 1. The Balaban J connectivity index is 1.70. The monoisotopic (exact) mass is 298 g/mol. The molecule has 1 aliphatic rings. The van der Waals surface area contributed by atoms with E-state index in [0.29, 0.717) is 11.3 Å². The Morgan fingerprint density at radius 3 is 2.77 bits per heavy atom. The third-order valence-corrected chi connectivity index (χ3v) is 3.93. The molecule has 0 spiro atoms. The largest absolute Gasteiger partial charge is 0.497 e. The van der Waals surface area contributed by atoms with Crippen molar-refractivity contribution in [3.05, 3.63) is 57.5 Å². The Morgan fingerprint density at radius 1 is 1.27 bits per heavy atom. The van der Waals surface area contributed by atoms with Crippen molar-refractivity contribution in [1.29, 1.82) is 0 Å². The van der Waals surface area contributed by atoms with Gasteiger partial charge in [-0.15, -0.1) is 0 Å². The third-order valence-electron chi connectivity index (χ3n) is 3.93. The van der Waals surface area contributed by atoms with E-state index in [1.54, 1.807) is 37.6 Å². The first-order valence-corrected chi connectivity index (χ1v) is 7.33. The summed E-state index contributed by atoms with van der Waals surface area (Å²) in [7, 11) is 1.59. The van der Waals surface area contributed by atoms with Gasteiger partial charge in [-0.3, -0.25) is 9.59 Å². The van der Waals surface area contributed by atoms with E-state index in [2.05, 4.69) is 10.3 Å². The number of hydrogen-bond donors (Lipinski definition) is 2. The molecule has 0 bridgehead atoms. The average Bonchev–Trinajstić information content (AvgIpc) is 3.00. The Morgan fingerprint density at radius 2 is 2.05 bits per heavy atom. The van der Waals surface area contributed by atoms with Gasteiger partial charge < -0.3 is 15.0 Å². The molecule has 114 valence electrons. The van der Waals surface area contributed by atoms with Crippen LogP contribution in [0.4, 0.5) is 5.69 Å². The van der Waals surface area contributed by atoms with Crippen molar-refractivity contribution in [2.24, 2.45) is 0 Å². The molecule has 1 aromatic carbocycles. The highest BCUT2D eigenvalue weighted by molar-refractivity contribution is 5.92. The van der Waals surface area contributed by atoms with Gasteiger partial charge in [0.25, 0.3) is 0 Å². The number of amides is 1. The van der Waals surface area contributed by atoms with E-state index < -0.39 is 0 Å². The Labute approximate surface area is 128 Å². The van der Waals surface area contributed by atoms with Gasteiger partial charge in [0, 0.05) is 28.7 Å². The minimum atomic E-state index is -0.200. The molecule has 5 nitrogen and oxygen atoms in total. The molecular weight excluding hydrogens is 280 g/mol. The zero-order valence-corrected chi connectivity index (χ0v) is 12.4. The van der Waals surface area contributed by atoms with Crippen LogP contribution in [0.1, 0.15) is 23.2 Å². The quantitative estimate of drug-likeness (QED) is 0.907. The van der Waals surface area contributed by atoms with Gasteiger partial charge in [0.2, 0.25) is 5.91 Å². The summed E-state index contributed by atoms with van der Waals surface area (Å²) < 4.78 is 5.07. The van der Waals surface area contributed by atoms with E-state index in [0.717, 1.165) is 36.3 Å². The second-order valence-corrected chi connectivity index (χ2v) is 5.41. The zero-order chi connectivity index (χ0) is 15.5. The highest BCUT2D eigenvalue weighted by Crippen LogP contribution is 2.17. The zero-order valence-electron chi connectivity index (χ0n) is 12.4. The van der Waals surface area contributed by atoms with Crippen molar-refractivity contribution in [3.63, 3.8) is 0 Å². The summed E-state index contributed by atoms with van der Waals surface area (Å²) in [6.45, 7) is 0. The SMILES string of the molecule is COc1ccc(NC(=O)Cc2c[nH]c3c(c2=O)CCC3)cc1. The van der Waals surface area contributed by atoms with Crippen molar-refractivity contribution in [3.8, 4) is 5.75 Å². The highest BCUT2D eigenvalue weighted by atomic mass is 16.5. The lowest BCUT2D eigenvalue weighted by Gasteiger charge is -2.07. The Hall–Kier alpha value is -2.56. The van der Waals surface area contributed by atoms with Crippen molar-refractivity contribution >= 4 is 11.6 Å². The van der Waals surface area contributed by atoms with Crippen LogP contribution in [0.25, 0.3) is 0 Å². The number of methoxy groups -OCH3 is 1. The maximum atomic E-state index is 12.3. The van der Waals surface area contributed by atoms with E-state index in [-0.39, 0.29) is 17.8 Å². The lowest BCUT2D eigenvalue weighted by molar-refractivity contribution is -0.115. The number of pyridine rings is 1. The predicted octanol–water partition coefficient (Wildman–Crippen LogP) is 2.05. The summed E-state index contributed by atoms with van der Waals surface area (Å²) in [5.41, 5.74) is 3.07. The summed E-state index contributed by atoms with van der Waals surface area (Å²) in [5, 5.41) is 2.79. The molecule has 0 fully saturated rings. The highest BCUT2D eigenvalue weighted by Gasteiger charge is 2.18. The lowest BCUT2D eigenvalue weighted by Crippen LogP contribution is -2.22. The molecule has 0 saturated heterocycles. The van der Waals surface area contributed by atoms with Crippen LogP contribution in [0.3, 0.4) is 0 Å². The first-order valence-electron chi connectivity index (χ1n) is 7.33. The average molecular weight is 298 g/mol. The Kier molecular flexibility index (Phi) is 3.96. The van der Waals surface area contributed by atoms with Crippen LogP contribution in [-0.4, -0.2) is 18.0 Å². The minimum Gasteiger partial charge on any atom is -0.497 e. The molecule has 1 aromatic heterocycles. The number of nitrogens with one attached hydrogen (secondary N) is 2. The molecule has 22 heavy (non-hydrogen) atoms. The molecule has 0 aliphatic heterocycles. The van der Waals surface area contributed by atoms with E-state index in [9.17, 15) is 9.59 Å². The van der Waals surface area contributed by atoms with E-state index in [4.69, 9.17) is 4.74 Å². The summed E-state index contributed by atoms with van der Waals surface area (Å²) in [6, 6.07) is 7.09. The second-order valence-electron chi connectivity index (χ2n) is 5.41. The van der Waals surface area contributed by atoms with Crippen molar-refractivity contribution < 1.29 is 9.53 Å². The van der Waals surface area contributed by atoms with Crippen molar-refractivity contribution in [1.82, 2.24) is 4.98 Å². The van der Waals surface area contributed by atoms with Gasteiger partial charge in [0.15, 0.2) is 5.43 Å². The molecule has 0 radical (unpaired) electrons. The van der Waals surface area contributed by atoms with Crippen molar-refractivity contribution in [2.75, 3.05) is 12.4 Å². The van der Waals surface area contributed by atoms with Gasteiger partial charge in [0.05, 0.1) is 13.5 Å². The van der Waals surface area contributed by atoms with Gasteiger partial charge >= 0.3 is 0 Å². The molecule has 5 heteroatoms. The normalized spacial score (nSPS) is 12.8. The Bertz CT molecular complexity index is 747. The van der Waals surface area contributed by atoms with Crippen LogP contribution in [0.2, 0.25) is 0 Å². The third kappa shape index (κ3) is 2.88. The number of carbonyl (C=O) groups is 1. The van der Waals surface area contributed by atoms with Crippen LogP contribution in [0.15, 0.2) is 35.3 Å². The number of aromatic amines is 1. The van der Waals surface area contributed by atoms with E-state index in [1.807, 2.05) is 0 Å². The molecule has 3 rings (SSSR count). The van der Waals surface area contributed by atoms with Crippen LogP contribution in [-0.2, 0) is 24.1 Å². The van der Waals surface area contributed by atoms with Gasteiger partial charge in [-0.25, -0.2) is 0 Å². The fraction of sp³-hybridized carbons (Fsp3) is 0.294. The lowest BCUT2D eigenvalue weighted by atomic mass is 10.1. The number of benzene rings is 1. The number of aryl methyl sites for hydroxylation is 1. The van der Waals surface area contributed by atoms with Crippen molar-refractivity contribution in [2.45, 2.75) is 25.7 Å².